The highest BCUT2D eigenvalue weighted by atomic mass is 16.5. The zero-order valence-corrected chi connectivity index (χ0v) is 19.5. The molecule has 0 aliphatic heterocycles. The lowest BCUT2D eigenvalue weighted by molar-refractivity contribution is -0.882. The molecule has 0 aromatic heterocycles. The molecular formula is C28H32NO3+. The third kappa shape index (κ3) is 4.33. The van der Waals surface area contributed by atoms with Gasteiger partial charge in [0.25, 0.3) is 0 Å². The lowest BCUT2D eigenvalue weighted by atomic mass is 9.91. The number of benzene rings is 4. The van der Waals surface area contributed by atoms with E-state index in [0.717, 1.165) is 35.7 Å². The van der Waals surface area contributed by atoms with Gasteiger partial charge >= 0.3 is 5.97 Å². The van der Waals surface area contributed by atoms with Crippen molar-refractivity contribution in [1.29, 1.82) is 0 Å². The molecule has 1 unspecified atom stereocenters. The largest absolute Gasteiger partial charge is 0.465 e. The molecule has 0 amide bonds. The van der Waals surface area contributed by atoms with Crippen molar-refractivity contribution in [3.8, 4) is 0 Å². The Hall–Kier alpha value is -2.98. The monoisotopic (exact) mass is 430 g/mol. The number of hydrogen-bond donors (Lipinski definition) is 0. The molecule has 0 spiro atoms. The van der Waals surface area contributed by atoms with Crippen molar-refractivity contribution in [2.75, 3.05) is 33.8 Å². The minimum absolute atomic E-state index is 0.0615. The van der Waals surface area contributed by atoms with E-state index in [1.807, 2.05) is 19.9 Å². The first kappa shape index (κ1) is 22.2. The third-order valence-electron chi connectivity index (χ3n) is 6.57. The van der Waals surface area contributed by atoms with E-state index < -0.39 is 0 Å². The van der Waals surface area contributed by atoms with Gasteiger partial charge in [-0.1, -0.05) is 62.4 Å². The zero-order valence-electron chi connectivity index (χ0n) is 19.5. The zero-order chi connectivity index (χ0) is 22.9. The van der Waals surface area contributed by atoms with Crippen LogP contribution in [0.3, 0.4) is 0 Å². The lowest BCUT2D eigenvalue weighted by Gasteiger charge is -2.29. The van der Waals surface area contributed by atoms with Crippen molar-refractivity contribution in [3.63, 3.8) is 0 Å². The maximum absolute atomic E-state index is 13.4. The van der Waals surface area contributed by atoms with E-state index in [4.69, 9.17) is 4.74 Å². The maximum atomic E-state index is 13.4. The molecule has 32 heavy (non-hydrogen) atoms. The van der Waals surface area contributed by atoms with Crippen LogP contribution in [0.2, 0.25) is 0 Å². The Bertz CT molecular complexity index is 1260. The molecule has 0 radical (unpaired) electrons. The molecule has 4 heteroatoms. The van der Waals surface area contributed by atoms with Gasteiger partial charge in [0, 0.05) is 12.0 Å². The topological polar surface area (TPSA) is 43.4 Å². The smallest absolute Gasteiger partial charge is 0.308 e. The number of hydrogen-bond acceptors (Lipinski definition) is 3. The molecule has 0 bridgehead atoms. The van der Waals surface area contributed by atoms with Gasteiger partial charge < -0.3 is 9.22 Å². The maximum Gasteiger partial charge on any atom is 0.308 e. The number of ether oxygens (including phenoxy) is 1. The van der Waals surface area contributed by atoms with Crippen LogP contribution in [0.15, 0.2) is 54.6 Å². The summed E-state index contributed by atoms with van der Waals surface area (Å²) in [7, 11) is 4.12. The normalized spacial score (nSPS) is 13.1. The van der Waals surface area contributed by atoms with Gasteiger partial charge in [-0.25, -0.2) is 0 Å². The summed E-state index contributed by atoms with van der Waals surface area (Å²) in [6.07, 6.45) is 1.52. The number of rotatable bonds is 9. The second kappa shape index (κ2) is 8.87. The summed E-state index contributed by atoms with van der Waals surface area (Å²) in [5.41, 5.74) is 0.783. The number of carbonyl (C=O) groups is 2. The van der Waals surface area contributed by atoms with E-state index in [2.05, 4.69) is 62.6 Å². The van der Waals surface area contributed by atoms with Crippen LogP contribution in [0.4, 0.5) is 0 Å². The second-order valence-corrected chi connectivity index (χ2v) is 9.54. The number of nitrogens with zero attached hydrogens (tertiary/aromatic N) is 1. The van der Waals surface area contributed by atoms with Gasteiger partial charge in [0.05, 0.1) is 33.2 Å². The second-order valence-electron chi connectivity index (χ2n) is 9.54. The minimum Gasteiger partial charge on any atom is -0.465 e. The van der Waals surface area contributed by atoms with Crippen LogP contribution in [0.5, 0.6) is 0 Å². The molecular weight excluding hydrogens is 398 g/mol. The van der Waals surface area contributed by atoms with Crippen molar-refractivity contribution in [3.05, 3.63) is 60.2 Å². The predicted octanol–water partition coefficient (Wildman–Crippen LogP) is 5.82. The number of carbonyl (C=O) groups excluding carboxylic acids is 2. The van der Waals surface area contributed by atoms with Crippen molar-refractivity contribution in [2.45, 2.75) is 26.7 Å². The Labute approximate surface area is 189 Å². The summed E-state index contributed by atoms with van der Waals surface area (Å²) in [5, 5.41) is 7.00. The molecule has 4 nitrogen and oxygen atoms in total. The molecule has 1 atom stereocenters. The van der Waals surface area contributed by atoms with Gasteiger partial charge in [-0.05, 0) is 44.8 Å². The summed E-state index contributed by atoms with van der Waals surface area (Å²) >= 11 is 0. The molecule has 166 valence electrons. The fraction of sp³-hybridized carbons (Fsp3) is 0.357. The van der Waals surface area contributed by atoms with E-state index in [0.29, 0.717) is 17.6 Å². The highest BCUT2D eigenvalue weighted by molar-refractivity contribution is 6.26. The number of likely N-dealkylation sites (N-methyl/N-ethyl adjacent to an activating group) is 1. The Morgan fingerprint density at radius 1 is 0.906 bits per heavy atom. The van der Waals surface area contributed by atoms with Crippen LogP contribution in [0.1, 0.15) is 37.0 Å². The van der Waals surface area contributed by atoms with Crippen molar-refractivity contribution in [2.24, 2.45) is 5.92 Å². The molecule has 0 aliphatic carbocycles. The van der Waals surface area contributed by atoms with E-state index in [9.17, 15) is 9.59 Å². The number of ketones is 1. The summed E-state index contributed by atoms with van der Waals surface area (Å²) in [4.78, 5) is 25.2. The van der Waals surface area contributed by atoms with Gasteiger partial charge in [-0.15, -0.1) is 0 Å². The van der Waals surface area contributed by atoms with Gasteiger partial charge in [-0.2, -0.15) is 0 Å². The van der Waals surface area contributed by atoms with Crippen LogP contribution >= 0.6 is 0 Å². The molecule has 0 N–H and O–H groups in total. The Balaban J connectivity index is 1.51. The highest BCUT2D eigenvalue weighted by Gasteiger charge is 2.23. The van der Waals surface area contributed by atoms with E-state index in [1.54, 1.807) is 0 Å². The summed E-state index contributed by atoms with van der Waals surface area (Å²) in [6.45, 7) is 5.44. The Morgan fingerprint density at radius 3 is 2.22 bits per heavy atom. The van der Waals surface area contributed by atoms with Gasteiger partial charge in [0.2, 0.25) is 5.78 Å². The molecule has 0 saturated carbocycles. The van der Waals surface area contributed by atoms with Crippen molar-refractivity contribution in [1.82, 2.24) is 0 Å². The van der Waals surface area contributed by atoms with Gasteiger partial charge in [0.15, 0.2) is 0 Å². The van der Waals surface area contributed by atoms with Crippen LogP contribution < -0.4 is 0 Å². The Morgan fingerprint density at radius 2 is 1.53 bits per heavy atom. The number of esters is 1. The Kier molecular flexibility index (Phi) is 6.16. The first-order valence-electron chi connectivity index (χ1n) is 11.5. The fourth-order valence-corrected chi connectivity index (χ4v) is 4.51. The van der Waals surface area contributed by atoms with Crippen LogP contribution in [0, 0.1) is 5.92 Å². The van der Waals surface area contributed by atoms with E-state index >= 15 is 0 Å². The molecule has 4 aromatic rings. The summed E-state index contributed by atoms with van der Waals surface area (Å²) in [6, 6.07) is 18.9. The fourth-order valence-electron chi connectivity index (χ4n) is 4.51. The standard InChI is InChI=1S/C28H32NO3/c1-5-19(2)28(31)32-17-7-16-29(3,4)18-25(30)23-14-12-22-11-10-20-8-6-9-21-13-15-24(23)27(22)26(20)21/h6,8-15,19H,5,7,16-18H2,1-4H3/q+1. The molecule has 0 saturated heterocycles. The predicted molar refractivity (Wildman–Crippen MR) is 131 cm³/mol. The number of Topliss-reactive ketones (excluding diaryl/α,β-unsaturated/α-hetero) is 1. The highest BCUT2D eigenvalue weighted by Crippen LogP contribution is 2.36. The summed E-state index contributed by atoms with van der Waals surface area (Å²) in [5.74, 6) is -0.0549. The van der Waals surface area contributed by atoms with Crippen molar-refractivity contribution >= 4 is 44.1 Å². The molecule has 0 fully saturated rings. The first-order chi connectivity index (χ1) is 15.3. The average Bonchev–Trinajstić information content (AvgIpc) is 2.79. The van der Waals surface area contributed by atoms with Crippen LogP contribution in [-0.4, -0.2) is 50.0 Å². The summed E-state index contributed by atoms with van der Waals surface area (Å²) < 4.78 is 5.93. The number of quaternary nitrogens is 1. The van der Waals surface area contributed by atoms with Crippen LogP contribution in [0.25, 0.3) is 32.3 Å². The van der Waals surface area contributed by atoms with E-state index in [-0.39, 0.29) is 17.7 Å². The average molecular weight is 431 g/mol. The minimum atomic E-state index is -0.137. The van der Waals surface area contributed by atoms with Gasteiger partial charge in [-0.3, -0.25) is 9.59 Å². The first-order valence-corrected chi connectivity index (χ1v) is 11.5. The van der Waals surface area contributed by atoms with Gasteiger partial charge in [0.1, 0.15) is 6.54 Å². The SMILES string of the molecule is CCC(C)C(=O)OCCC[N+](C)(C)CC(=O)c1ccc2ccc3cccc4ccc1c2c34. The van der Waals surface area contributed by atoms with Crippen LogP contribution in [-0.2, 0) is 9.53 Å². The molecule has 0 heterocycles. The molecule has 0 aliphatic rings. The van der Waals surface area contributed by atoms with Crippen molar-refractivity contribution < 1.29 is 18.8 Å². The van der Waals surface area contributed by atoms with E-state index in [1.165, 1.54) is 21.5 Å². The molecule has 4 rings (SSSR count). The lowest BCUT2D eigenvalue weighted by Crippen LogP contribution is -2.45. The quantitative estimate of drug-likeness (QED) is 0.110. The molecule has 4 aromatic carbocycles. The third-order valence-corrected chi connectivity index (χ3v) is 6.57.